The molecule has 4 heteroatoms. The van der Waals surface area contributed by atoms with Crippen LogP contribution in [-0.4, -0.2) is 23.1 Å². The Labute approximate surface area is 78.1 Å². The summed E-state index contributed by atoms with van der Waals surface area (Å²) in [5, 5.41) is 0. The van der Waals surface area contributed by atoms with Crippen LogP contribution in [0, 0.1) is 0 Å². The first-order valence-corrected chi connectivity index (χ1v) is 4.51. The quantitative estimate of drug-likeness (QED) is 0.728. The normalized spacial score (nSPS) is 10.0. The molecule has 0 radical (unpaired) electrons. The van der Waals surface area contributed by atoms with Gasteiger partial charge in [0.15, 0.2) is 0 Å². The third kappa shape index (κ3) is 3.38. The van der Waals surface area contributed by atoms with Crippen molar-refractivity contribution in [2.45, 2.75) is 19.8 Å². The highest BCUT2D eigenvalue weighted by Gasteiger charge is 1.98. The molecule has 72 valence electrons. The fourth-order valence-corrected chi connectivity index (χ4v) is 0.997. The number of ether oxygens (including phenoxy) is 1. The average Bonchev–Trinajstić information content (AvgIpc) is 2.16. The van der Waals surface area contributed by atoms with Crippen molar-refractivity contribution < 1.29 is 4.74 Å². The summed E-state index contributed by atoms with van der Waals surface area (Å²) < 4.78 is 5.17. The Balaban J connectivity index is 2.56. The molecule has 0 atom stereocenters. The van der Waals surface area contributed by atoms with E-state index in [0.29, 0.717) is 19.2 Å². The molecular formula is C9H15N3O. The van der Waals surface area contributed by atoms with Crippen molar-refractivity contribution in [3.63, 3.8) is 0 Å². The number of aromatic nitrogens is 2. The summed E-state index contributed by atoms with van der Waals surface area (Å²) >= 11 is 0. The number of nitrogens with zero attached hydrogens (tertiary/aromatic N) is 2. The molecule has 13 heavy (non-hydrogen) atoms. The molecule has 1 aromatic rings. The van der Waals surface area contributed by atoms with E-state index in [2.05, 4.69) is 9.97 Å². The molecule has 0 aromatic carbocycles. The maximum Gasteiger partial charge on any atom is 0.316 e. The minimum atomic E-state index is 0.456. The summed E-state index contributed by atoms with van der Waals surface area (Å²) in [5.74, 6) is 0. The van der Waals surface area contributed by atoms with Crippen LogP contribution in [0.2, 0.25) is 0 Å². The van der Waals surface area contributed by atoms with Gasteiger partial charge in [0.2, 0.25) is 0 Å². The summed E-state index contributed by atoms with van der Waals surface area (Å²) in [6.45, 7) is 3.20. The monoisotopic (exact) mass is 181 g/mol. The molecule has 4 nitrogen and oxygen atoms in total. The topological polar surface area (TPSA) is 61.0 Å². The van der Waals surface area contributed by atoms with Crippen LogP contribution in [0.1, 0.15) is 19.0 Å². The fraction of sp³-hybridized carbons (Fsp3) is 0.556. The highest BCUT2D eigenvalue weighted by molar-refractivity contribution is 5.05. The SMILES string of the molecule is CCOc1nccc(CCCN)n1. The van der Waals surface area contributed by atoms with Gasteiger partial charge in [-0.2, -0.15) is 0 Å². The lowest BCUT2D eigenvalue weighted by Gasteiger charge is -2.02. The van der Waals surface area contributed by atoms with Gasteiger partial charge >= 0.3 is 6.01 Å². The van der Waals surface area contributed by atoms with Gasteiger partial charge in [0, 0.05) is 11.9 Å². The van der Waals surface area contributed by atoms with E-state index >= 15 is 0 Å². The maximum absolute atomic E-state index is 5.40. The van der Waals surface area contributed by atoms with Gasteiger partial charge in [-0.15, -0.1) is 0 Å². The van der Waals surface area contributed by atoms with Crippen molar-refractivity contribution in [1.29, 1.82) is 0 Å². The number of nitrogens with two attached hydrogens (primary N) is 1. The zero-order chi connectivity index (χ0) is 9.52. The van der Waals surface area contributed by atoms with Crippen LogP contribution < -0.4 is 10.5 Å². The molecule has 2 N–H and O–H groups in total. The molecule has 0 bridgehead atoms. The lowest BCUT2D eigenvalue weighted by atomic mass is 10.2. The standard InChI is InChI=1S/C9H15N3O/c1-2-13-9-11-7-5-8(12-9)4-3-6-10/h5,7H,2-4,6,10H2,1H3. The third-order valence-electron chi connectivity index (χ3n) is 1.60. The van der Waals surface area contributed by atoms with Gasteiger partial charge in [-0.05, 0) is 32.4 Å². The van der Waals surface area contributed by atoms with Gasteiger partial charge in [-0.3, -0.25) is 0 Å². The van der Waals surface area contributed by atoms with Crippen LogP contribution in [0.15, 0.2) is 12.3 Å². The Bertz CT molecular complexity index is 252. The van der Waals surface area contributed by atoms with E-state index in [1.165, 1.54) is 0 Å². The van der Waals surface area contributed by atoms with Crippen LogP contribution in [0.4, 0.5) is 0 Å². The van der Waals surface area contributed by atoms with E-state index in [1.54, 1.807) is 6.20 Å². The van der Waals surface area contributed by atoms with E-state index in [4.69, 9.17) is 10.5 Å². The van der Waals surface area contributed by atoms with Crippen LogP contribution in [-0.2, 0) is 6.42 Å². The minimum absolute atomic E-state index is 0.456. The van der Waals surface area contributed by atoms with Crippen LogP contribution >= 0.6 is 0 Å². The van der Waals surface area contributed by atoms with Crippen molar-refractivity contribution in [1.82, 2.24) is 9.97 Å². The minimum Gasteiger partial charge on any atom is -0.464 e. The molecule has 0 amide bonds. The molecule has 0 unspecified atom stereocenters. The lowest BCUT2D eigenvalue weighted by Crippen LogP contribution is -2.03. The number of aryl methyl sites for hydroxylation is 1. The second-order valence-electron chi connectivity index (χ2n) is 2.66. The maximum atomic E-state index is 5.40. The molecule has 0 saturated carbocycles. The van der Waals surface area contributed by atoms with Crippen molar-refractivity contribution in [3.05, 3.63) is 18.0 Å². The molecule has 0 aliphatic carbocycles. The zero-order valence-corrected chi connectivity index (χ0v) is 7.86. The van der Waals surface area contributed by atoms with Gasteiger partial charge in [-0.1, -0.05) is 0 Å². The fourth-order valence-electron chi connectivity index (χ4n) is 0.997. The van der Waals surface area contributed by atoms with Crippen LogP contribution in [0.5, 0.6) is 6.01 Å². The van der Waals surface area contributed by atoms with Crippen molar-refractivity contribution in [2.75, 3.05) is 13.2 Å². The van der Waals surface area contributed by atoms with Crippen LogP contribution in [0.25, 0.3) is 0 Å². The largest absolute Gasteiger partial charge is 0.464 e. The molecule has 0 aliphatic heterocycles. The second kappa shape index (κ2) is 5.48. The van der Waals surface area contributed by atoms with E-state index < -0.39 is 0 Å². The Kier molecular flexibility index (Phi) is 4.18. The summed E-state index contributed by atoms with van der Waals surface area (Å²) in [6.07, 6.45) is 3.55. The first-order chi connectivity index (χ1) is 6.36. The molecule has 0 saturated heterocycles. The molecular weight excluding hydrogens is 166 g/mol. The Morgan fingerprint density at radius 1 is 1.54 bits per heavy atom. The molecule has 1 aromatic heterocycles. The van der Waals surface area contributed by atoms with E-state index in [-0.39, 0.29) is 0 Å². The Morgan fingerprint density at radius 2 is 2.38 bits per heavy atom. The van der Waals surface area contributed by atoms with Gasteiger partial charge in [0.05, 0.1) is 6.61 Å². The summed E-state index contributed by atoms with van der Waals surface area (Å²) in [6, 6.07) is 2.34. The number of hydrogen-bond acceptors (Lipinski definition) is 4. The van der Waals surface area contributed by atoms with E-state index in [1.807, 2.05) is 13.0 Å². The first kappa shape index (κ1) is 9.92. The summed E-state index contributed by atoms with van der Waals surface area (Å²) in [5.41, 5.74) is 6.39. The predicted octanol–water partition coefficient (Wildman–Crippen LogP) is 0.767. The van der Waals surface area contributed by atoms with Crippen molar-refractivity contribution in [2.24, 2.45) is 5.73 Å². The predicted molar refractivity (Wildman–Crippen MR) is 50.6 cm³/mol. The van der Waals surface area contributed by atoms with Crippen molar-refractivity contribution >= 4 is 0 Å². The number of hydrogen-bond donors (Lipinski definition) is 1. The smallest absolute Gasteiger partial charge is 0.316 e. The van der Waals surface area contributed by atoms with Gasteiger partial charge in [-0.25, -0.2) is 9.97 Å². The lowest BCUT2D eigenvalue weighted by molar-refractivity contribution is 0.311. The van der Waals surface area contributed by atoms with E-state index in [9.17, 15) is 0 Å². The van der Waals surface area contributed by atoms with Crippen LogP contribution in [0.3, 0.4) is 0 Å². The van der Waals surface area contributed by atoms with Crippen molar-refractivity contribution in [3.8, 4) is 6.01 Å². The van der Waals surface area contributed by atoms with Gasteiger partial charge < -0.3 is 10.5 Å². The Hall–Kier alpha value is -1.16. The summed E-state index contributed by atoms with van der Waals surface area (Å²) in [4.78, 5) is 8.18. The van der Waals surface area contributed by atoms with E-state index in [0.717, 1.165) is 18.5 Å². The first-order valence-electron chi connectivity index (χ1n) is 4.51. The highest BCUT2D eigenvalue weighted by atomic mass is 16.5. The molecule has 0 spiro atoms. The highest BCUT2D eigenvalue weighted by Crippen LogP contribution is 2.04. The average molecular weight is 181 g/mol. The Morgan fingerprint density at radius 3 is 3.08 bits per heavy atom. The molecule has 0 fully saturated rings. The third-order valence-corrected chi connectivity index (χ3v) is 1.60. The summed E-state index contributed by atoms with van der Waals surface area (Å²) in [7, 11) is 0. The van der Waals surface area contributed by atoms with Gasteiger partial charge in [0.25, 0.3) is 0 Å². The second-order valence-corrected chi connectivity index (χ2v) is 2.66. The number of rotatable bonds is 5. The molecule has 1 rings (SSSR count). The molecule has 0 aliphatic rings. The molecule has 1 heterocycles. The van der Waals surface area contributed by atoms with Gasteiger partial charge in [0.1, 0.15) is 0 Å². The zero-order valence-electron chi connectivity index (χ0n) is 7.86.